The molecule has 0 radical (unpaired) electrons. The second-order valence-corrected chi connectivity index (χ2v) is 7.92. The topological polar surface area (TPSA) is 70.6 Å². The molecule has 0 aliphatic heterocycles. The molecule has 0 aliphatic carbocycles. The maximum atomic E-state index is 13.4. The number of nitrogens with one attached hydrogen (secondary N) is 2. The van der Waals surface area contributed by atoms with Crippen LogP contribution in [-0.4, -0.2) is 60.1 Å². The summed E-state index contributed by atoms with van der Waals surface area (Å²) in [5.74, 6) is -11.7. The van der Waals surface area contributed by atoms with Gasteiger partial charge >= 0.3 is 24.1 Å². The van der Waals surface area contributed by atoms with E-state index in [9.17, 15) is 40.6 Å². The van der Waals surface area contributed by atoms with Crippen LogP contribution < -0.4 is 10.6 Å². The molecule has 1 aromatic rings. The van der Waals surface area contributed by atoms with Gasteiger partial charge < -0.3 is 20.5 Å². The zero-order valence-corrected chi connectivity index (χ0v) is 17.1. The average Bonchev–Trinajstić information content (AvgIpc) is 2.59. The number of carbonyl (C=O) groups excluding carboxylic acids is 1. The fourth-order valence-corrected chi connectivity index (χ4v) is 2.45. The molecule has 0 saturated carbocycles. The Labute approximate surface area is 175 Å². The molecule has 1 amide bonds. The van der Waals surface area contributed by atoms with Crippen LogP contribution >= 0.6 is 0 Å². The van der Waals surface area contributed by atoms with E-state index in [1.54, 1.807) is 56.4 Å². The third kappa shape index (κ3) is 8.17. The lowest BCUT2D eigenvalue weighted by atomic mass is 10.0. The van der Waals surface area contributed by atoms with Crippen molar-refractivity contribution >= 4 is 6.09 Å². The first kappa shape index (κ1) is 27.0. The second-order valence-electron chi connectivity index (χ2n) is 7.92. The highest BCUT2D eigenvalue weighted by molar-refractivity contribution is 5.68. The zero-order chi connectivity index (χ0) is 24.1. The van der Waals surface area contributed by atoms with Crippen molar-refractivity contribution in [1.82, 2.24) is 10.6 Å². The third-order valence-corrected chi connectivity index (χ3v) is 3.98. The minimum atomic E-state index is -6.44. The summed E-state index contributed by atoms with van der Waals surface area (Å²) in [6.07, 6.45) is -8.97. The lowest BCUT2D eigenvalue weighted by molar-refractivity contribution is -0.352. The zero-order valence-electron chi connectivity index (χ0n) is 17.1. The summed E-state index contributed by atoms with van der Waals surface area (Å²) in [5.41, 5.74) is -0.243. The van der Waals surface area contributed by atoms with Crippen molar-refractivity contribution in [2.75, 3.05) is 13.1 Å². The van der Waals surface area contributed by atoms with E-state index in [1.807, 2.05) is 0 Å². The molecule has 0 heterocycles. The third-order valence-electron chi connectivity index (χ3n) is 3.98. The average molecular weight is 462 g/mol. The number of alkyl carbamates (subject to hydrolysis) is 1. The number of hydrogen-bond acceptors (Lipinski definition) is 4. The number of carbonyl (C=O) groups is 1. The molecule has 3 N–H and O–H groups in total. The summed E-state index contributed by atoms with van der Waals surface area (Å²) < 4.78 is 94.3. The van der Waals surface area contributed by atoms with E-state index in [0.717, 1.165) is 0 Å². The molecule has 0 unspecified atom stereocenters. The molecule has 0 bridgehead atoms. The fourth-order valence-electron chi connectivity index (χ4n) is 2.45. The van der Waals surface area contributed by atoms with Crippen molar-refractivity contribution in [3.05, 3.63) is 35.9 Å². The van der Waals surface area contributed by atoms with Crippen LogP contribution in [0.5, 0.6) is 0 Å². The van der Waals surface area contributed by atoms with Crippen molar-refractivity contribution < 1.29 is 45.4 Å². The highest BCUT2D eigenvalue weighted by atomic mass is 19.4. The van der Waals surface area contributed by atoms with E-state index in [2.05, 4.69) is 5.32 Å². The van der Waals surface area contributed by atoms with Gasteiger partial charge in [-0.3, -0.25) is 0 Å². The first-order chi connectivity index (χ1) is 14.0. The number of aliphatic hydroxyl groups is 1. The lowest BCUT2D eigenvalue weighted by Gasteiger charge is -2.30. The van der Waals surface area contributed by atoms with E-state index in [-0.39, 0.29) is 6.42 Å². The second kappa shape index (κ2) is 10.0. The van der Waals surface area contributed by atoms with Gasteiger partial charge in [0.05, 0.1) is 18.7 Å². The molecule has 178 valence electrons. The molecular formula is C19H25F7N2O3. The van der Waals surface area contributed by atoms with Crippen LogP contribution in [0, 0.1) is 0 Å². The number of benzene rings is 1. The molecule has 0 spiro atoms. The number of alkyl halides is 7. The quantitative estimate of drug-likeness (QED) is 0.487. The molecule has 1 aromatic carbocycles. The number of rotatable bonds is 9. The predicted octanol–water partition coefficient (Wildman–Crippen LogP) is 3.91. The fraction of sp³-hybridized carbons (Fsp3) is 0.632. The Hall–Kier alpha value is -2.08. The monoisotopic (exact) mass is 462 g/mol. The van der Waals surface area contributed by atoms with E-state index in [0.29, 0.717) is 5.56 Å². The van der Waals surface area contributed by atoms with Gasteiger partial charge in [0.25, 0.3) is 0 Å². The number of ether oxygens (including phenoxy) is 1. The molecule has 0 saturated heterocycles. The maximum absolute atomic E-state index is 13.4. The summed E-state index contributed by atoms with van der Waals surface area (Å²) in [6, 6.07) is 7.25. The normalized spacial score (nSPS) is 15.3. The largest absolute Gasteiger partial charge is 0.459 e. The van der Waals surface area contributed by atoms with Crippen LogP contribution in [0.15, 0.2) is 30.3 Å². The van der Waals surface area contributed by atoms with Crippen LogP contribution in [0.1, 0.15) is 26.3 Å². The molecule has 0 fully saturated rings. The van der Waals surface area contributed by atoms with Gasteiger partial charge in [-0.05, 0) is 32.8 Å². The lowest BCUT2D eigenvalue weighted by Crippen LogP contribution is -2.57. The van der Waals surface area contributed by atoms with Gasteiger partial charge in [-0.25, -0.2) is 4.79 Å². The Balaban J connectivity index is 2.82. The van der Waals surface area contributed by atoms with E-state index in [4.69, 9.17) is 4.74 Å². The highest BCUT2D eigenvalue weighted by Crippen LogP contribution is 2.46. The van der Waals surface area contributed by atoms with Crippen molar-refractivity contribution in [2.45, 2.75) is 63.0 Å². The minimum Gasteiger partial charge on any atom is -0.444 e. The standard InChI is InChI=1S/C19H25F7N2O3/c1-16(2,3)31-15(30)28-13(9-12-7-5-4-6-8-12)14(29)10-27-11-17(20,21)18(22,23)19(24,25)26/h4-8,13-14,27,29H,9-11H2,1-3H3,(H,28,30)/t13-,14+/m0/s1. The maximum Gasteiger partial charge on any atom is 0.459 e. The van der Waals surface area contributed by atoms with Gasteiger partial charge in [0.15, 0.2) is 0 Å². The van der Waals surface area contributed by atoms with Gasteiger partial charge in [0, 0.05) is 6.54 Å². The SMILES string of the molecule is CC(C)(C)OC(=O)N[C@@H](Cc1ccccc1)[C@H](O)CNCC(F)(F)C(F)(F)C(F)(F)F. The number of halogens is 7. The first-order valence-electron chi connectivity index (χ1n) is 9.21. The van der Waals surface area contributed by atoms with E-state index in [1.165, 1.54) is 0 Å². The Bertz CT molecular complexity index is 707. The van der Waals surface area contributed by atoms with Crippen molar-refractivity contribution in [1.29, 1.82) is 0 Å². The van der Waals surface area contributed by atoms with Gasteiger partial charge in [-0.1, -0.05) is 30.3 Å². The van der Waals surface area contributed by atoms with Crippen LogP contribution in [0.25, 0.3) is 0 Å². The first-order valence-corrected chi connectivity index (χ1v) is 9.21. The highest BCUT2D eigenvalue weighted by Gasteiger charge is 2.72. The van der Waals surface area contributed by atoms with E-state index < -0.39 is 55.0 Å². The van der Waals surface area contributed by atoms with Crippen LogP contribution in [0.4, 0.5) is 35.5 Å². The van der Waals surface area contributed by atoms with E-state index >= 15 is 0 Å². The Morgan fingerprint density at radius 2 is 1.58 bits per heavy atom. The van der Waals surface area contributed by atoms with Gasteiger partial charge in [-0.15, -0.1) is 0 Å². The Morgan fingerprint density at radius 3 is 2.06 bits per heavy atom. The van der Waals surface area contributed by atoms with Crippen LogP contribution in [0.3, 0.4) is 0 Å². The summed E-state index contributed by atoms with van der Waals surface area (Å²) in [4.78, 5) is 12.0. The van der Waals surface area contributed by atoms with Gasteiger partial charge in [-0.2, -0.15) is 30.7 Å². The molecule has 1 rings (SSSR count). The van der Waals surface area contributed by atoms with Gasteiger partial charge in [0.2, 0.25) is 0 Å². The van der Waals surface area contributed by atoms with Crippen LogP contribution in [-0.2, 0) is 11.2 Å². The van der Waals surface area contributed by atoms with Crippen molar-refractivity contribution in [3.63, 3.8) is 0 Å². The molecule has 5 nitrogen and oxygen atoms in total. The molecule has 2 atom stereocenters. The minimum absolute atomic E-state index is 0.0119. The number of hydrogen-bond donors (Lipinski definition) is 3. The summed E-state index contributed by atoms with van der Waals surface area (Å²) >= 11 is 0. The molecule has 0 aromatic heterocycles. The Kier molecular flexibility index (Phi) is 8.72. The molecule has 31 heavy (non-hydrogen) atoms. The number of amides is 1. The predicted molar refractivity (Wildman–Crippen MR) is 98.1 cm³/mol. The summed E-state index contributed by atoms with van der Waals surface area (Å²) in [7, 11) is 0. The van der Waals surface area contributed by atoms with Gasteiger partial charge in [0.1, 0.15) is 5.60 Å². The summed E-state index contributed by atoms with van der Waals surface area (Å²) in [5, 5.41) is 14.4. The molecule has 0 aliphatic rings. The smallest absolute Gasteiger partial charge is 0.444 e. The Morgan fingerprint density at radius 1 is 1.03 bits per heavy atom. The molecular weight excluding hydrogens is 437 g/mol. The summed E-state index contributed by atoms with van der Waals surface area (Å²) in [6.45, 7) is 1.91. The van der Waals surface area contributed by atoms with Crippen molar-refractivity contribution in [3.8, 4) is 0 Å². The molecule has 12 heteroatoms. The van der Waals surface area contributed by atoms with Crippen molar-refractivity contribution in [2.24, 2.45) is 0 Å². The number of aliphatic hydroxyl groups excluding tert-OH is 1. The van der Waals surface area contributed by atoms with Crippen LogP contribution in [0.2, 0.25) is 0 Å².